The summed E-state index contributed by atoms with van der Waals surface area (Å²) in [5.74, 6) is 0.158. The molecular formula is C23H40BNO3S. The van der Waals surface area contributed by atoms with E-state index in [0.717, 1.165) is 35.6 Å². The second kappa shape index (κ2) is 11.0. The van der Waals surface area contributed by atoms with Gasteiger partial charge in [-0.2, -0.15) is 0 Å². The summed E-state index contributed by atoms with van der Waals surface area (Å²) >= 11 is 1.51. The lowest BCUT2D eigenvalue weighted by atomic mass is 9.88. The third-order valence-electron chi connectivity index (χ3n) is 6.17. The normalized spacial score (nSPS) is 17.7. The highest BCUT2D eigenvalue weighted by Gasteiger charge is 2.52. The minimum absolute atomic E-state index is 0.158. The zero-order valence-corrected chi connectivity index (χ0v) is 20.2. The lowest BCUT2D eigenvalue weighted by Gasteiger charge is -2.32. The fourth-order valence-electron chi connectivity index (χ4n) is 3.48. The highest BCUT2D eigenvalue weighted by molar-refractivity contribution is 7.23. The Bertz CT molecular complexity index is 616. The molecule has 0 unspecified atom stereocenters. The number of rotatable bonds is 12. The first-order valence-electron chi connectivity index (χ1n) is 11.5. The minimum atomic E-state index is -0.394. The molecule has 1 aromatic heterocycles. The van der Waals surface area contributed by atoms with Crippen LogP contribution in [0.5, 0.6) is 0 Å². The van der Waals surface area contributed by atoms with Crippen LogP contribution in [-0.2, 0) is 9.31 Å². The van der Waals surface area contributed by atoms with Gasteiger partial charge in [-0.15, -0.1) is 11.3 Å². The molecule has 6 heteroatoms. The summed E-state index contributed by atoms with van der Waals surface area (Å²) in [6.07, 6.45) is 9.47. The Balaban J connectivity index is 2.02. The molecule has 1 fully saturated rings. The van der Waals surface area contributed by atoms with E-state index in [-0.39, 0.29) is 17.1 Å². The van der Waals surface area contributed by atoms with Crippen molar-refractivity contribution in [3.63, 3.8) is 0 Å². The highest BCUT2D eigenvalue weighted by Crippen LogP contribution is 2.37. The summed E-state index contributed by atoms with van der Waals surface area (Å²) in [6, 6.07) is 3.94. The Morgan fingerprint density at radius 1 is 0.897 bits per heavy atom. The number of thiophene rings is 1. The van der Waals surface area contributed by atoms with E-state index in [1.54, 1.807) is 0 Å². The Labute approximate surface area is 182 Å². The molecule has 1 aliphatic heterocycles. The van der Waals surface area contributed by atoms with Gasteiger partial charge in [0.15, 0.2) is 0 Å². The van der Waals surface area contributed by atoms with Gasteiger partial charge in [0.05, 0.1) is 16.1 Å². The molecule has 0 radical (unpaired) electrons. The zero-order chi connectivity index (χ0) is 21.5. The van der Waals surface area contributed by atoms with Crippen molar-refractivity contribution < 1.29 is 14.1 Å². The van der Waals surface area contributed by atoms with E-state index < -0.39 is 7.12 Å². The van der Waals surface area contributed by atoms with Gasteiger partial charge in [-0.25, -0.2) is 0 Å². The Kier molecular flexibility index (Phi) is 9.24. The molecule has 29 heavy (non-hydrogen) atoms. The van der Waals surface area contributed by atoms with Crippen molar-refractivity contribution in [2.24, 2.45) is 0 Å². The molecule has 4 nitrogen and oxygen atoms in total. The first kappa shape index (κ1) is 24.4. The predicted octanol–water partition coefficient (Wildman–Crippen LogP) is 5.65. The molecule has 0 spiro atoms. The smallest absolute Gasteiger partial charge is 0.399 e. The van der Waals surface area contributed by atoms with E-state index in [1.165, 1.54) is 49.9 Å². The van der Waals surface area contributed by atoms with Gasteiger partial charge in [0, 0.05) is 17.9 Å². The number of nitrogens with zero attached hydrogens (tertiary/aromatic N) is 1. The van der Waals surface area contributed by atoms with Gasteiger partial charge in [-0.05, 0) is 46.6 Å². The maximum absolute atomic E-state index is 13.2. The molecule has 2 heterocycles. The Morgan fingerprint density at radius 2 is 1.41 bits per heavy atom. The number of amides is 1. The van der Waals surface area contributed by atoms with Gasteiger partial charge >= 0.3 is 7.12 Å². The zero-order valence-electron chi connectivity index (χ0n) is 19.4. The summed E-state index contributed by atoms with van der Waals surface area (Å²) in [5, 5.41) is 0. The predicted molar refractivity (Wildman–Crippen MR) is 124 cm³/mol. The molecule has 0 saturated carbocycles. The average molecular weight is 421 g/mol. The summed E-state index contributed by atoms with van der Waals surface area (Å²) in [4.78, 5) is 16.1. The fraction of sp³-hybridized carbons (Fsp3) is 0.783. The number of hydrogen-bond acceptors (Lipinski definition) is 4. The first-order valence-corrected chi connectivity index (χ1v) is 12.3. The van der Waals surface area contributed by atoms with Crippen LogP contribution in [0.4, 0.5) is 0 Å². The molecule has 0 atom stereocenters. The van der Waals surface area contributed by atoms with Crippen LogP contribution < -0.4 is 4.78 Å². The Morgan fingerprint density at radius 3 is 1.90 bits per heavy atom. The maximum Gasteiger partial charge on any atom is 0.505 e. The lowest BCUT2D eigenvalue weighted by molar-refractivity contribution is 0.00578. The molecule has 0 aliphatic carbocycles. The molecule has 1 aromatic rings. The van der Waals surface area contributed by atoms with E-state index in [1.807, 2.05) is 12.1 Å². The lowest BCUT2D eigenvalue weighted by Crippen LogP contribution is -2.41. The van der Waals surface area contributed by atoms with Crippen LogP contribution in [-0.4, -0.2) is 42.2 Å². The van der Waals surface area contributed by atoms with Crippen molar-refractivity contribution >= 4 is 29.1 Å². The van der Waals surface area contributed by atoms with Gasteiger partial charge in [-0.3, -0.25) is 4.79 Å². The van der Waals surface area contributed by atoms with Crippen LogP contribution in [0, 0.1) is 0 Å². The van der Waals surface area contributed by atoms with E-state index in [4.69, 9.17) is 9.31 Å². The van der Waals surface area contributed by atoms with Gasteiger partial charge in [0.1, 0.15) is 0 Å². The summed E-state index contributed by atoms with van der Waals surface area (Å²) in [7, 11) is -0.394. The van der Waals surface area contributed by atoms with Crippen molar-refractivity contribution in [1.29, 1.82) is 0 Å². The number of carbonyl (C=O) groups excluding carboxylic acids is 1. The van der Waals surface area contributed by atoms with Gasteiger partial charge in [0.25, 0.3) is 5.91 Å². The third kappa shape index (κ3) is 6.57. The minimum Gasteiger partial charge on any atom is -0.399 e. The van der Waals surface area contributed by atoms with Crippen LogP contribution in [0.25, 0.3) is 0 Å². The Hall–Kier alpha value is -0.845. The number of unbranched alkanes of at least 4 members (excludes halogenated alkanes) is 6. The summed E-state index contributed by atoms with van der Waals surface area (Å²) in [5.41, 5.74) is -0.729. The topological polar surface area (TPSA) is 38.8 Å². The number of carbonyl (C=O) groups is 1. The third-order valence-corrected chi connectivity index (χ3v) is 7.27. The quantitative estimate of drug-likeness (QED) is 0.323. The summed E-state index contributed by atoms with van der Waals surface area (Å²) in [6.45, 7) is 14.4. The van der Waals surface area contributed by atoms with Gasteiger partial charge in [0.2, 0.25) is 0 Å². The van der Waals surface area contributed by atoms with E-state index in [9.17, 15) is 4.79 Å². The van der Waals surface area contributed by atoms with E-state index >= 15 is 0 Å². The largest absolute Gasteiger partial charge is 0.505 e. The number of hydrogen-bond donors (Lipinski definition) is 0. The molecular weight excluding hydrogens is 381 g/mol. The fourth-order valence-corrected chi connectivity index (χ4v) is 4.42. The molecule has 0 N–H and O–H groups in total. The van der Waals surface area contributed by atoms with E-state index in [2.05, 4.69) is 46.4 Å². The van der Waals surface area contributed by atoms with Crippen molar-refractivity contribution in [3.8, 4) is 0 Å². The molecule has 1 amide bonds. The van der Waals surface area contributed by atoms with Crippen LogP contribution >= 0.6 is 11.3 Å². The van der Waals surface area contributed by atoms with E-state index in [0.29, 0.717) is 0 Å². The van der Waals surface area contributed by atoms with Crippen LogP contribution in [0.15, 0.2) is 12.1 Å². The molecule has 1 aliphatic rings. The highest BCUT2D eigenvalue weighted by atomic mass is 32.1. The average Bonchev–Trinajstić information content (AvgIpc) is 3.22. The summed E-state index contributed by atoms with van der Waals surface area (Å²) < 4.78 is 13.3. The molecule has 1 saturated heterocycles. The van der Waals surface area contributed by atoms with Crippen LogP contribution in [0.3, 0.4) is 0 Å². The molecule has 164 valence electrons. The van der Waals surface area contributed by atoms with Gasteiger partial charge in [-0.1, -0.05) is 58.4 Å². The van der Waals surface area contributed by atoms with Crippen molar-refractivity contribution in [2.45, 2.75) is 104 Å². The second-order valence-electron chi connectivity index (χ2n) is 9.20. The maximum atomic E-state index is 13.2. The van der Waals surface area contributed by atoms with Crippen molar-refractivity contribution in [1.82, 2.24) is 4.90 Å². The monoisotopic (exact) mass is 421 g/mol. The second-order valence-corrected chi connectivity index (χ2v) is 10.3. The van der Waals surface area contributed by atoms with Crippen molar-refractivity contribution in [3.05, 3.63) is 17.0 Å². The van der Waals surface area contributed by atoms with Crippen LogP contribution in [0.2, 0.25) is 0 Å². The van der Waals surface area contributed by atoms with Gasteiger partial charge < -0.3 is 14.2 Å². The first-order chi connectivity index (χ1) is 13.7. The molecule has 2 rings (SSSR count). The molecule has 0 aromatic carbocycles. The SMILES string of the molecule is CCCCCCN(CCCCCC)C(=O)c1ccc(B2OC(C)(C)C(C)(C)O2)s1. The standard InChI is InChI=1S/C23H40BNO3S/c1-7-9-11-13-17-25(18-14-12-10-8-2)21(26)19-15-16-20(29-19)24-27-22(3,4)23(5,6)28-24/h15-16H,7-14,17-18H2,1-6H3. The molecule has 0 bridgehead atoms. The van der Waals surface area contributed by atoms with Crippen LogP contribution in [0.1, 0.15) is 103 Å². The van der Waals surface area contributed by atoms with Crippen molar-refractivity contribution in [2.75, 3.05) is 13.1 Å².